The maximum atomic E-state index is 12.6. The van der Waals surface area contributed by atoms with Gasteiger partial charge in [-0.25, -0.2) is 4.79 Å². The first-order valence-corrected chi connectivity index (χ1v) is 7.99. The molecule has 1 aromatic rings. The fourth-order valence-electron chi connectivity index (χ4n) is 3.31. The van der Waals surface area contributed by atoms with E-state index in [1.165, 1.54) is 0 Å². The number of rotatable bonds is 3. The molecule has 0 radical (unpaired) electrons. The average molecular weight is 317 g/mol. The Morgan fingerprint density at radius 3 is 2.96 bits per heavy atom. The average Bonchev–Trinajstić information content (AvgIpc) is 3.09. The number of likely N-dealkylation sites (tertiary alicyclic amines) is 1. The summed E-state index contributed by atoms with van der Waals surface area (Å²) in [6.45, 7) is 5.73. The Bertz CT molecular complexity index is 644. The van der Waals surface area contributed by atoms with Crippen molar-refractivity contribution in [3.8, 4) is 5.75 Å². The summed E-state index contributed by atoms with van der Waals surface area (Å²) in [5.41, 5.74) is 1.10. The molecule has 2 N–H and O–H groups in total. The highest BCUT2D eigenvalue weighted by Crippen LogP contribution is 2.45. The summed E-state index contributed by atoms with van der Waals surface area (Å²) in [5.74, 6) is 1.09. The Hall–Kier alpha value is -2.24. The van der Waals surface area contributed by atoms with E-state index in [0.717, 1.165) is 17.0 Å². The van der Waals surface area contributed by atoms with E-state index in [2.05, 4.69) is 24.5 Å². The molecule has 0 bridgehead atoms. The number of benzene rings is 1. The lowest BCUT2D eigenvalue weighted by molar-refractivity contribution is -0.120. The van der Waals surface area contributed by atoms with E-state index in [9.17, 15) is 9.59 Å². The van der Waals surface area contributed by atoms with Crippen molar-refractivity contribution in [2.45, 2.75) is 25.7 Å². The zero-order valence-electron chi connectivity index (χ0n) is 13.8. The van der Waals surface area contributed by atoms with Crippen molar-refractivity contribution in [1.82, 2.24) is 10.2 Å². The van der Waals surface area contributed by atoms with Gasteiger partial charge < -0.3 is 20.3 Å². The Morgan fingerprint density at radius 2 is 2.26 bits per heavy atom. The van der Waals surface area contributed by atoms with Crippen molar-refractivity contribution in [2.24, 2.45) is 5.92 Å². The number of carbonyl (C=O) groups is 2. The first-order valence-electron chi connectivity index (χ1n) is 7.99. The predicted octanol–water partition coefficient (Wildman–Crippen LogP) is 1.96. The zero-order valence-corrected chi connectivity index (χ0v) is 13.8. The number of hydrogen-bond acceptors (Lipinski definition) is 3. The van der Waals surface area contributed by atoms with Gasteiger partial charge >= 0.3 is 6.03 Å². The van der Waals surface area contributed by atoms with Crippen LogP contribution in [-0.2, 0) is 10.2 Å². The minimum Gasteiger partial charge on any atom is -0.497 e. The van der Waals surface area contributed by atoms with Gasteiger partial charge in [-0.2, -0.15) is 0 Å². The lowest BCUT2D eigenvalue weighted by Crippen LogP contribution is -2.43. The third-order valence-corrected chi connectivity index (χ3v) is 4.64. The number of anilines is 1. The van der Waals surface area contributed by atoms with Crippen LogP contribution < -0.4 is 15.4 Å². The molecule has 2 aliphatic rings. The lowest BCUT2D eigenvalue weighted by atomic mass is 9.81. The van der Waals surface area contributed by atoms with E-state index < -0.39 is 5.41 Å². The molecule has 6 nitrogen and oxygen atoms in total. The van der Waals surface area contributed by atoms with Gasteiger partial charge in [-0.15, -0.1) is 0 Å². The van der Waals surface area contributed by atoms with E-state index in [-0.39, 0.29) is 11.9 Å². The van der Waals surface area contributed by atoms with Gasteiger partial charge in [0.2, 0.25) is 5.91 Å². The van der Waals surface area contributed by atoms with Crippen molar-refractivity contribution >= 4 is 17.6 Å². The van der Waals surface area contributed by atoms with Gasteiger partial charge in [-0.05, 0) is 36.1 Å². The number of nitrogens with zero attached hydrogens (tertiary/aromatic N) is 1. The van der Waals surface area contributed by atoms with Crippen LogP contribution in [-0.4, -0.2) is 43.6 Å². The summed E-state index contributed by atoms with van der Waals surface area (Å²) in [7, 11) is 1.61. The number of fused-ring (bicyclic) bond motifs is 2. The lowest BCUT2D eigenvalue weighted by Gasteiger charge is -2.23. The fourth-order valence-corrected chi connectivity index (χ4v) is 3.31. The van der Waals surface area contributed by atoms with E-state index in [4.69, 9.17) is 4.74 Å². The molecule has 0 aliphatic carbocycles. The summed E-state index contributed by atoms with van der Waals surface area (Å²) in [6.07, 6.45) is 0.633. The van der Waals surface area contributed by atoms with Crippen LogP contribution in [0.1, 0.15) is 25.8 Å². The highest BCUT2D eigenvalue weighted by molar-refractivity contribution is 6.07. The SMILES string of the molecule is COc1ccc2c(c1)[C@]1(CCN(C(=O)NCC(C)C)C1)C(=O)N2. The monoisotopic (exact) mass is 317 g/mol. The highest BCUT2D eigenvalue weighted by Gasteiger charge is 2.52. The Morgan fingerprint density at radius 1 is 1.48 bits per heavy atom. The predicted molar refractivity (Wildman–Crippen MR) is 87.7 cm³/mol. The summed E-state index contributed by atoms with van der Waals surface area (Å²) >= 11 is 0. The summed E-state index contributed by atoms with van der Waals surface area (Å²) in [5, 5.41) is 5.86. The third-order valence-electron chi connectivity index (χ3n) is 4.64. The van der Waals surface area contributed by atoms with E-state index in [1.54, 1.807) is 12.0 Å². The third kappa shape index (κ3) is 2.62. The van der Waals surface area contributed by atoms with Crippen molar-refractivity contribution in [3.63, 3.8) is 0 Å². The topological polar surface area (TPSA) is 70.7 Å². The van der Waals surface area contributed by atoms with Crippen molar-refractivity contribution < 1.29 is 14.3 Å². The van der Waals surface area contributed by atoms with Crippen molar-refractivity contribution in [3.05, 3.63) is 23.8 Å². The molecule has 3 rings (SSSR count). The van der Waals surface area contributed by atoms with Crippen LogP contribution in [0.25, 0.3) is 0 Å². The van der Waals surface area contributed by atoms with E-state index in [0.29, 0.717) is 32.0 Å². The van der Waals surface area contributed by atoms with Crippen LogP contribution in [0.2, 0.25) is 0 Å². The van der Waals surface area contributed by atoms with Gasteiger partial charge in [-0.3, -0.25) is 4.79 Å². The second kappa shape index (κ2) is 5.76. The molecule has 0 aromatic heterocycles. The largest absolute Gasteiger partial charge is 0.497 e. The van der Waals surface area contributed by atoms with Crippen molar-refractivity contribution in [2.75, 3.05) is 32.1 Å². The van der Waals surface area contributed by atoms with Gasteiger partial charge in [0.15, 0.2) is 0 Å². The fraction of sp³-hybridized carbons (Fsp3) is 0.529. The molecule has 1 saturated heterocycles. The molecular weight excluding hydrogens is 294 g/mol. The zero-order chi connectivity index (χ0) is 16.6. The molecule has 0 unspecified atom stereocenters. The molecule has 2 aliphatic heterocycles. The maximum absolute atomic E-state index is 12.6. The molecule has 1 atom stereocenters. The van der Waals surface area contributed by atoms with Gasteiger partial charge in [-0.1, -0.05) is 13.8 Å². The smallest absolute Gasteiger partial charge is 0.317 e. The molecule has 23 heavy (non-hydrogen) atoms. The summed E-state index contributed by atoms with van der Waals surface area (Å²) in [4.78, 5) is 26.6. The summed E-state index contributed by atoms with van der Waals surface area (Å²) < 4.78 is 5.28. The summed E-state index contributed by atoms with van der Waals surface area (Å²) in [6, 6.07) is 5.50. The molecule has 1 fully saturated rings. The number of carbonyl (C=O) groups excluding carboxylic acids is 2. The number of nitrogens with one attached hydrogen (secondary N) is 2. The molecule has 2 heterocycles. The first kappa shape index (κ1) is 15.6. The van der Waals surface area contributed by atoms with Crippen LogP contribution in [0.4, 0.5) is 10.5 Å². The standard InChI is InChI=1S/C17H23N3O3/c1-11(2)9-18-16(22)20-7-6-17(10-20)13-8-12(23-3)4-5-14(13)19-15(17)21/h4-5,8,11H,6-7,9-10H2,1-3H3,(H,18,22)(H,19,21)/t17-/m1/s1. The van der Waals surface area contributed by atoms with Gasteiger partial charge in [0.1, 0.15) is 5.75 Å². The second-order valence-electron chi connectivity index (χ2n) is 6.70. The van der Waals surface area contributed by atoms with Gasteiger partial charge in [0.25, 0.3) is 0 Å². The molecule has 124 valence electrons. The van der Waals surface area contributed by atoms with Crippen molar-refractivity contribution in [1.29, 1.82) is 0 Å². The highest BCUT2D eigenvalue weighted by atomic mass is 16.5. The maximum Gasteiger partial charge on any atom is 0.317 e. The number of ether oxygens (including phenoxy) is 1. The normalized spacial score (nSPS) is 22.4. The van der Waals surface area contributed by atoms with Crippen LogP contribution in [0.3, 0.4) is 0 Å². The minimum absolute atomic E-state index is 0.0279. The molecule has 6 heteroatoms. The van der Waals surface area contributed by atoms with Gasteiger partial charge in [0.05, 0.1) is 12.5 Å². The Kier molecular flexibility index (Phi) is 3.92. The molecule has 1 spiro atoms. The van der Waals surface area contributed by atoms with Crippen LogP contribution in [0, 0.1) is 5.92 Å². The van der Waals surface area contributed by atoms with Crippen LogP contribution >= 0.6 is 0 Å². The number of methoxy groups -OCH3 is 1. The van der Waals surface area contributed by atoms with Crippen LogP contribution in [0.5, 0.6) is 5.75 Å². The van der Waals surface area contributed by atoms with Gasteiger partial charge in [0, 0.05) is 25.3 Å². The quantitative estimate of drug-likeness (QED) is 0.895. The number of urea groups is 1. The van der Waals surface area contributed by atoms with E-state index in [1.807, 2.05) is 18.2 Å². The second-order valence-corrected chi connectivity index (χ2v) is 6.70. The number of hydrogen-bond donors (Lipinski definition) is 2. The molecule has 1 aromatic carbocycles. The minimum atomic E-state index is -0.654. The van der Waals surface area contributed by atoms with E-state index >= 15 is 0 Å². The number of amides is 3. The Balaban J connectivity index is 1.82. The Labute approximate surface area is 136 Å². The molecule has 3 amide bonds. The molecule has 0 saturated carbocycles. The molecular formula is C17H23N3O3. The van der Waals surface area contributed by atoms with Crippen LogP contribution in [0.15, 0.2) is 18.2 Å². The first-order chi connectivity index (χ1) is 11.0.